The summed E-state index contributed by atoms with van der Waals surface area (Å²) in [4.78, 5) is 25.1. The predicted molar refractivity (Wildman–Crippen MR) is 99.7 cm³/mol. The van der Waals surface area contributed by atoms with Gasteiger partial charge in [0.05, 0.1) is 12.3 Å². The van der Waals surface area contributed by atoms with Gasteiger partial charge in [0.15, 0.2) is 5.54 Å². The molecule has 1 rings (SSSR count). The van der Waals surface area contributed by atoms with Crippen molar-refractivity contribution in [1.82, 2.24) is 5.32 Å². The minimum Gasteiger partial charge on any atom is -0.506 e. The predicted octanol–water partition coefficient (Wildman–Crippen LogP) is 3.30. The third-order valence-corrected chi connectivity index (χ3v) is 3.40. The Balaban J connectivity index is 3.18. The summed E-state index contributed by atoms with van der Waals surface area (Å²) in [7, 11) is 0. The second kappa shape index (κ2) is 7.43. The number of benzene rings is 1. The molecule has 4 N–H and O–H groups in total. The van der Waals surface area contributed by atoms with Crippen LogP contribution in [0.15, 0.2) is 18.2 Å². The number of aromatic hydroxyl groups is 1. The van der Waals surface area contributed by atoms with E-state index in [0.717, 1.165) is 0 Å². The molecule has 146 valence electrons. The number of hydrogen-bond donors (Lipinski definition) is 3. The number of carbonyl (C=O) groups is 2. The number of esters is 1. The number of anilines is 1. The number of alkyl carbamates (subject to hydrolysis) is 1. The Bertz CT molecular complexity index is 673. The molecule has 0 radical (unpaired) electrons. The number of hydrogen-bond acceptors (Lipinski definition) is 6. The van der Waals surface area contributed by atoms with Crippen LogP contribution in [0.1, 0.15) is 54.0 Å². The highest BCUT2D eigenvalue weighted by atomic mass is 16.6. The van der Waals surface area contributed by atoms with Crippen LogP contribution in [0.2, 0.25) is 0 Å². The van der Waals surface area contributed by atoms with Gasteiger partial charge in [-0.1, -0.05) is 26.8 Å². The molecule has 0 aromatic heterocycles. The molecule has 0 heterocycles. The van der Waals surface area contributed by atoms with Crippen molar-refractivity contribution in [2.45, 2.75) is 59.6 Å². The van der Waals surface area contributed by atoms with Gasteiger partial charge in [-0.2, -0.15) is 0 Å². The highest BCUT2D eigenvalue weighted by molar-refractivity contribution is 5.87. The third-order valence-electron chi connectivity index (χ3n) is 3.40. The molecule has 0 spiro atoms. The highest BCUT2D eigenvalue weighted by Crippen LogP contribution is 2.30. The molecule has 1 aromatic rings. The van der Waals surface area contributed by atoms with Crippen molar-refractivity contribution in [2.24, 2.45) is 5.41 Å². The van der Waals surface area contributed by atoms with E-state index < -0.39 is 23.2 Å². The largest absolute Gasteiger partial charge is 0.506 e. The van der Waals surface area contributed by atoms with Gasteiger partial charge in [0.1, 0.15) is 11.4 Å². The molecule has 1 atom stereocenters. The van der Waals surface area contributed by atoms with Crippen molar-refractivity contribution in [3.63, 3.8) is 0 Å². The molecule has 0 aliphatic carbocycles. The number of phenolic OH excluding ortho intramolecular Hbond substituents is 1. The van der Waals surface area contributed by atoms with E-state index in [1.54, 1.807) is 20.8 Å². The Morgan fingerprint density at radius 1 is 1.12 bits per heavy atom. The number of nitrogens with two attached hydrogens (primary N) is 1. The Morgan fingerprint density at radius 2 is 1.69 bits per heavy atom. The highest BCUT2D eigenvalue weighted by Gasteiger charge is 2.41. The minimum atomic E-state index is -1.54. The zero-order valence-corrected chi connectivity index (χ0v) is 16.6. The lowest BCUT2D eigenvalue weighted by molar-refractivity contribution is -0.162. The molecule has 0 fully saturated rings. The number of nitrogen functional groups attached to an aromatic ring is 1. The first-order valence-electron chi connectivity index (χ1n) is 8.41. The van der Waals surface area contributed by atoms with Gasteiger partial charge in [0.2, 0.25) is 0 Å². The van der Waals surface area contributed by atoms with E-state index in [1.165, 1.54) is 25.1 Å². The molecule has 1 aromatic carbocycles. The third kappa shape index (κ3) is 6.13. The topological polar surface area (TPSA) is 111 Å². The quantitative estimate of drug-likeness (QED) is 0.428. The Hall–Kier alpha value is -2.44. The fourth-order valence-corrected chi connectivity index (χ4v) is 2.01. The van der Waals surface area contributed by atoms with Crippen molar-refractivity contribution in [3.05, 3.63) is 23.8 Å². The first-order chi connectivity index (χ1) is 11.6. The molecule has 26 heavy (non-hydrogen) atoms. The molecule has 7 nitrogen and oxygen atoms in total. The summed E-state index contributed by atoms with van der Waals surface area (Å²) >= 11 is 0. The average molecular weight is 366 g/mol. The fraction of sp³-hybridized carbons (Fsp3) is 0.579. The van der Waals surface area contributed by atoms with Crippen molar-refractivity contribution in [2.75, 3.05) is 12.3 Å². The number of ether oxygens (including phenoxy) is 2. The molecule has 0 bridgehead atoms. The van der Waals surface area contributed by atoms with Gasteiger partial charge in [-0.15, -0.1) is 0 Å². The first kappa shape index (κ1) is 21.6. The Kier molecular flexibility index (Phi) is 6.18. The van der Waals surface area contributed by atoms with Crippen molar-refractivity contribution < 1.29 is 24.2 Å². The Morgan fingerprint density at radius 3 is 2.15 bits per heavy atom. The van der Waals surface area contributed by atoms with Gasteiger partial charge in [-0.25, -0.2) is 9.59 Å². The van der Waals surface area contributed by atoms with Crippen LogP contribution in [0.5, 0.6) is 5.75 Å². The summed E-state index contributed by atoms with van der Waals surface area (Å²) in [5.41, 5.74) is 3.69. The number of carbonyl (C=O) groups excluding carboxylic acids is 2. The maximum atomic E-state index is 12.8. The summed E-state index contributed by atoms with van der Waals surface area (Å²) in [6.45, 7) is 12.7. The molecule has 0 saturated carbocycles. The number of phenols is 1. The van der Waals surface area contributed by atoms with E-state index >= 15 is 0 Å². The lowest BCUT2D eigenvalue weighted by atomic mass is 9.91. The van der Waals surface area contributed by atoms with Crippen LogP contribution in [-0.4, -0.2) is 29.4 Å². The molecular weight excluding hydrogens is 336 g/mol. The maximum absolute atomic E-state index is 12.8. The van der Waals surface area contributed by atoms with Gasteiger partial charge >= 0.3 is 12.1 Å². The van der Waals surface area contributed by atoms with Crippen molar-refractivity contribution in [3.8, 4) is 5.75 Å². The van der Waals surface area contributed by atoms with Crippen LogP contribution in [0.25, 0.3) is 0 Å². The van der Waals surface area contributed by atoms with E-state index in [-0.39, 0.29) is 23.5 Å². The van der Waals surface area contributed by atoms with Crippen LogP contribution in [-0.2, 0) is 19.8 Å². The van der Waals surface area contributed by atoms with E-state index in [9.17, 15) is 14.7 Å². The van der Waals surface area contributed by atoms with Gasteiger partial charge in [-0.05, 0) is 50.8 Å². The van der Waals surface area contributed by atoms with Crippen molar-refractivity contribution >= 4 is 17.7 Å². The lowest BCUT2D eigenvalue weighted by Crippen LogP contribution is -2.52. The fourth-order valence-electron chi connectivity index (χ4n) is 2.01. The minimum absolute atomic E-state index is 0.0853. The van der Waals surface area contributed by atoms with E-state index in [4.69, 9.17) is 15.2 Å². The number of nitrogens with one attached hydrogen (secondary N) is 1. The summed E-state index contributed by atoms with van der Waals surface area (Å²) in [5, 5.41) is 12.2. The van der Waals surface area contributed by atoms with Crippen LogP contribution >= 0.6 is 0 Å². The smallest absolute Gasteiger partial charge is 0.408 e. The summed E-state index contributed by atoms with van der Waals surface area (Å²) in [6, 6.07) is 4.28. The molecule has 0 saturated heterocycles. The van der Waals surface area contributed by atoms with Gasteiger partial charge < -0.3 is 25.6 Å². The molecule has 7 heteroatoms. The monoisotopic (exact) mass is 366 g/mol. The zero-order chi connectivity index (χ0) is 20.3. The Labute approximate surface area is 154 Å². The van der Waals surface area contributed by atoms with E-state index in [1.807, 2.05) is 20.8 Å². The SMILES string of the molecule is CC(C)(C)COC(=O)N[C@](C)(C(=O)OC(C)(C)C)c1ccc(O)c(N)c1. The summed E-state index contributed by atoms with van der Waals surface area (Å²) < 4.78 is 10.7. The zero-order valence-electron chi connectivity index (χ0n) is 16.6. The van der Waals surface area contributed by atoms with E-state index in [2.05, 4.69) is 5.32 Å². The summed E-state index contributed by atoms with van der Waals surface area (Å²) in [6.07, 6.45) is -0.750. The number of amides is 1. The van der Waals surface area contributed by atoms with Crippen LogP contribution in [0.4, 0.5) is 10.5 Å². The maximum Gasteiger partial charge on any atom is 0.408 e. The van der Waals surface area contributed by atoms with Gasteiger partial charge in [-0.3, -0.25) is 0 Å². The van der Waals surface area contributed by atoms with Crippen LogP contribution in [0.3, 0.4) is 0 Å². The second-order valence-electron chi connectivity index (χ2n) is 8.66. The molecule has 0 aliphatic rings. The summed E-state index contributed by atoms with van der Waals surface area (Å²) in [5.74, 6) is -0.779. The van der Waals surface area contributed by atoms with Crippen molar-refractivity contribution in [1.29, 1.82) is 0 Å². The van der Waals surface area contributed by atoms with Gasteiger partial charge in [0.25, 0.3) is 0 Å². The molecule has 1 amide bonds. The van der Waals surface area contributed by atoms with Crippen LogP contribution < -0.4 is 11.1 Å². The number of rotatable bonds is 4. The standard InChI is InChI=1S/C19H30N2O5/c1-17(2,3)11-25-16(24)21-19(7,15(23)26-18(4,5)6)12-8-9-14(22)13(20)10-12/h8-10,22H,11,20H2,1-7H3,(H,21,24)/t19-/m0/s1. The van der Waals surface area contributed by atoms with Gasteiger partial charge in [0, 0.05) is 0 Å². The molecular formula is C19H30N2O5. The average Bonchev–Trinajstić information content (AvgIpc) is 2.45. The van der Waals surface area contributed by atoms with Crippen LogP contribution in [0, 0.1) is 5.41 Å². The molecule has 0 unspecified atom stereocenters. The first-order valence-corrected chi connectivity index (χ1v) is 8.41. The normalized spacial score (nSPS) is 14.3. The molecule has 0 aliphatic heterocycles. The lowest BCUT2D eigenvalue weighted by Gasteiger charge is -2.32. The second-order valence-corrected chi connectivity index (χ2v) is 8.66. The van der Waals surface area contributed by atoms with E-state index in [0.29, 0.717) is 5.56 Å².